The van der Waals surface area contributed by atoms with E-state index in [1.807, 2.05) is 24.7 Å². The van der Waals surface area contributed by atoms with Crippen molar-refractivity contribution in [1.29, 1.82) is 0 Å². The lowest BCUT2D eigenvalue weighted by Crippen LogP contribution is -2.34. The minimum absolute atomic E-state index is 0.646. The van der Waals surface area contributed by atoms with Gasteiger partial charge in [0.15, 0.2) is 0 Å². The Balaban J connectivity index is 1.86. The Kier molecular flexibility index (Phi) is 2.98. The number of anilines is 1. The van der Waals surface area contributed by atoms with Crippen molar-refractivity contribution >= 4 is 5.82 Å². The second-order valence-electron chi connectivity index (χ2n) is 4.48. The molecule has 5 heteroatoms. The van der Waals surface area contributed by atoms with Crippen LogP contribution in [0.1, 0.15) is 11.4 Å². The zero-order chi connectivity index (χ0) is 12.4. The van der Waals surface area contributed by atoms with Crippen molar-refractivity contribution in [3.63, 3.8) is 0 Å². The number of fused-ring (bicyclic) bond motifs is 1. The van der Waals surface area contributed by atoms with Crippen LogP contribution in [0.15, 0.2) is 30.7 Å². The van der Waals surface area contributed by atoms with Crippen LogP contribution in [0.3, 0.4) is 0 Å². The summed E-state index contributed by atoms with van der Waals surface area (Å²) in [6, 6.07) is 6.02. The van der Waals surface area contributed by atoms with Gasteiger partial charge in [-0.2, -0.15) is 0 Å². The first-order chi connectivity index (χ1) is 8.88. The summed E-state index contributed by atoms with van der Waals surface area (Å²) in [7, 11) is 0. The van der Waals surface area contributed by atoms with E-state index in [1.54, 1.807) is 0 Å². The van der Waals surface area contributed by atoms with Crippen molar-refractivity contribution in [3.8, 4) is 0 Å². The van der Waals surface area contributed by atoms with Gasteiger partial charge in [0.2, 0.25) is 0 Å². The van der Waals surface area contributed by atoms with Crippen LogP contribution in [0, 0.1) is 0 Å². The molecule has 18 heavy (non-hydrogen) atoms. The number of nitrogens with two attached hydrogens (primary N) is 1. The van der Waals surface area contributed by atoms with E-state index in [4.69, 9.17) is 5.73 Å². The van der Waals surface area contributed by atoms with Gasteiger partial charge in [-0.1, -0.05) is 6.07 Å². The zero-order valence-electron chi connectivity index (χ0n) is 10.3. The third-order valence-corrected chi connectivity index (χ3v) is 3.34. The van der Waals surface area contributed by atoms with Crippen LogP contribution in [0.4, 0.5) is 5.82 Å². The van der Waals surface area contributed by atoms with Crippen molar-refractivity contribution in [1.82, 2.24) is 14.5 Å². The average Bonchev–Trinajstić information content (AvgIpc) is 2.83. The Bertz CT molecular complexity index is 519. The second kappa shape index (κ2) is 4.78. The molecule has 0 fully saturated rings. The summed E-state index contributed by atoms with van der Waals surface area (Å²) in [6.45, 7) is 3.45. The molecule has 0 atom stereocenters. The van der Waals surface area contributed by atoms with Crippen molar-refractivity contribution in [2.75, 3.05) is 18.0 Å². The largest absolute Gasteiger partial charge is 0.349 e. The standard InChI is InChI=1S/C13H17N5/c14-5-4-11-12-9-17(7-8-18(12)10-16-11)13-3-1-2-6-15-13/h1-3,6,10H,4-5,7-9,14H2. The number of nitrogens with zero attached hydrogens (tertiary/aromatic N) is 4. The minimum Gasteiger partial charge on any atom is -0.349 e. The van der Waals surface area contributed by atoms with Crippen LogP contribution in [0.2, 0.25) is 0 Å². The van der Waals surface area contributed by atoms with Crippen molar-refractivity contribution in [2.45, 2.75) is 19.5 Å². The van der Waals surface area contributed by atoms with Gasteiger partial charge in [-0.15, -0.1) is 0 Å². The predicted octanol–water partition coefficient (Wildman–Crippen LogP) is 0.799. The first kappa shape index (κ1) is 11.2. The fraction of sp³-hybridized carbons (Fsp3) is 0.385. The van der Waals surface area contributed by atoms with E-state index < -0.39 is 0 Å². The maximum absolute atomic E-state index is 5.62. The van der Waals surface area contributed by atoms with Gasteiger partial charge in [0.05, 0.1) is 24.3 Å². The van der Waals surface area contributed by atoms with Gasteiger partial charge in [0.25, 0.3) is 0 Å². The third kappa shape index (κ3) is 1.97. The molecule has 94 valence electrons. The molecule has 2 aromatic heterocycles. The second-order valence-corrected chi connectivity index (χ2v) is 4.48. The SMILES string of the molecule is NCCc1ncn2c1CN(c1ccccn1)CC2. The molecule has 3 rings (SSSR count). The molecule has 0 unspecified atom stereocenters. The van der Waals surface area contributed by atoms with E-state index in [0.717, 1.165) is 37.6 Å². The molecule has 0 amide bonds. The smallest absolute Gasteiger partial charge is 0.128 e. The quantitative estimate of drug-likeness (QED) is 0.866. The van der Waals surface area contributed by atoms with Gasteiger partial charge in [0, 0.05) is 25.7 Å². The number of aromatic nitrogens is 3. The lowest BCUT2D eigenvalue weighted by molar-refractivity contribution is 0.563. The van der Waals surface area contributed by atoms with E-state index in [2.05, 4.69) is 25.5 Å². The normalized spacial score (nSPS) is 14.6. The molecule has 0 aromatic carbocycles. The molecule has 3 heterocycles. The van der Waals surface area contributed by atoms with Gasteiger partial charge in [0.1, 0.15) is 5.82 Å². The lowest BCUT2D eigenvalue weighted by Gasteiger charge is -2.29. The molecule has 0 radical (unpaired) electrons. The summed E-state index contributed by atoms with van der Waals surface area (Å²) in [5, 5.41) is 0. The molecule has 1 aliphatic rings. The fourth-order valence-electron chi connectivity index (χ4n) is 2.39. The van der Waals surface area contributed by atoms with Crippen molar-refractivity contribution in [3.05, 3.63) is 42.1 Å². The summed E-state index contributed by atoms with van der Waals surface area (Å²) in [5.74, 6) is 1.03. The molecule has 1 aliphatic heterocycles. The highest BCUT2D eigenvalue weighted by Gasteiger charge is 2.20. The summed E-state index contributed by atoms with van der Waals surface area (Å²) >= 11 is 0. The minimum atomic E-state index is 0.646. The van der Waals surface area contributed by atoms with Gasteiger partial charge < -0.3 is 15.2 Å². The van der Waals surface area contributed by atoms with Gasteiger partial charge in [-0.25, -0.2) is 9.97 Å². The summed E-state index contributed by atoms with van der Waals surface area (Å²) in [5.41, 5.74) is 8.02. The molecular weight excluding hydrogens is 226 g/mol. The lowest BCUT2D eigenvalue weighted by atomic mass is 10.2. The number of hydrogen-bond donors (Lipinski definition) is 1. The predicted molar refractivity (Wildman–Crippen MR) is 70.3 cm³/mol. The third-order valence-electron chi connectivity index (χ3n) is 3.34. The molecular formula is C13H17N5. The summed E-state index contributed by atoms with van der Waals surface area (Å²) in [4.78, 5) is 11.1. The maximum atomic E-state index is 5.62. The van der Waals surface area contributed by atoms with E-state index >= 15 is 0 Å². The molecule has 0 aliphatic carbocycles. The van der Waals surface area contributed by atoms with Gasteiger partial charge >= 0.3 is 0 Å². The van der Waals surface area contributed by atoms with Crippen LogP contribution >= 0.6 is 0 Å². The number of pyridine rings is 1. The number of rotatable bonds is 3. The van der Waals surface area contributed by atoms with Crippen molar-refractivity contribution < 1.29 is 0 Å². The molecule has 2 aromatic rings. The number of imidazole rings is 1. The molecule has 0 saturated heterocycles. The van der Waals surface area contributed by atoms with E-state index in [9.17, 15) is 0 Å². The summed E-state index contributed by atoms with van der Waals surface area (Å²) < 4.78 is 2.23. The van der Waals surface area contributed by atoms with Crippen molar-refractivity contribution in [2.24, 2.45) is 5.73 Å². The molecule has 0 bridgehead atoms. The van der Waals surface area contributed by atoms with Crippen LogP contribution in [-0.2, 0) is 19.5 Å². The van der Waals surface area contributed by atoms with E-state index in [1.165, 1.54) is 5.69 Å². The zero-order valence-corrected chi connectivity index (χ0v) is 10.3. The van der Waals surface area contributed by atoms with Gasteiger partial charge in [-0.05, 0) is 18.7 Å². The Morgan fingerprint density at radius 1 is 1.22 bits per heavy atom. The number of hydrogen-bond acceptors (Lipinski definition) is 4. The van der Waals surface area contributed by atoms with Crippen LogP contribution in [0.5, 0.6) is 0 Å². The van der Waals surface area contributed by atoms with Crippen LogP contribution in [-0.4, -0.2) is 27.6 Å². The Labute approximate surface area is 106 Å². The first-order valence-electron chi connectivity index (χ1n) is 6.27. The average molecular weight is 243 g/mol. The highest BCUT2D eigenvalue weighted by atomic mass is 15.3. The van der Waals surface area contributed by atoms with Crippen LogP contribution in [0.25, 0.3) is 0 Å². The Hall–Kier alpha value is -1.88. The van der Waals surface area contributed by atoms with E-state index in [-0.39, 0.29) is 0 Å². The molecule has 0 saturated carbocycles. The molecule has 2 N–H and O–H groups in total. The molecule has 0 spiro atoms. The van der Waals surface area contributed by atoms with E-state index in [0.29, 0.717) is 6.54 Å². The fourth-order valence-corrected chi connectivity index (χ4v) is 2.39. The Morgan fingerprint density at radius 3 is 2.94 bits per heavy atom. The van der Waals surface area contributed by atoms with Gasteiger partial charge in [-0.3, -0.25) is 0 Å². The molecule has 5 nitrogen and oxygen atoms in total. The highest BCUT2D eigenvalue weighted by molar-refractivity contribution is 5.40. The maximum Gasteiger partial charge on any atom is 0.128 e. The topological polar surface area (TPSA) is 60.0 Å². The monoisotopic (exact) mass is 243 g/mol. The Morgan fingerprint density at radius 2 is 2.17 bits per heavy atom. The highest BCUT2D eigenvalue weighted by Crippen LogP contribution is 2.20. The van der Waals surface area contributed by atoms with Crippen LogP contribution < -0.4 is 10.6 Å². The summed E-state index contributed by atoms with van der Waals surface area (Å²) in [6.07, 6.45) is 4.61. The first-order valence-corrected chi connectivity index (χ1v) is 6.27.